The van der Waals surface area contributed by atoms with Crippen molar-refractivity contribution in [2.24, 2.45) is 0 Å². The molecule has 0 aliphatic carbocycles. The van der Waals surface area contributed by atoms with Crippen LogP contribution in [0.4, 0.5) is 26.3 Å². The molecule has 0 unspecified atom stereocenters. The lowest BCUT2D eigenvalue weighted by Gasteiger charge is -2.22. The number of hydrogen-bond acceptors (Lipinski definition) is 5. The van der Waals surface area contributed by atoms with Gasteiger partial charge in [0.1, 0.15) is 12.1 Å². The lowest BCUT2D eigenvalue weighted by molar-refractivity contribution is -0.187. The van der Waals surface area contributed by atoms with Gasteiger partial charge >= 0.3 is 36.1 Å². The third kappa shape index (κ3) is 7.82. The Kier molecular flexibility index (Phi) is 9.47. The zero-order chi connectivity index (χ0) is 28.0. The van der Waals surface area contributed by atoms with Crippen LogP contribution in [0.1, 0.15) is 25.7 Å². The number of H-pyrrole nitrogens is 1. The van der Waals surface area contributed by atoms with Gasteiger partial charge in [0.15, 0.2) is 0 Å². The highest BCUT2D eigenvalue weighted by atomic mass is 19.4. The zero-order valence-corrected chi connectivity index (χ0v) is 18.9. The standard InChI is InChI=1S/2C7H8F3NO3.C7H6N2/c2*8-7(9,10)6(14)11-3-1-2-4(11)5(12)13;1-2-4-7-6(3-1)8-5-9-7/h2*4H,1-3H2,(H,12,13);1-5H,(H,8,9)/t2*4-;/m00./s1. The molecule has 204 valence electrons. The van der Waals surface area contributed by atoms with Crippen LogP contribution in [0.3, 0.4) is 0 Å². The molecule has 2 aliphatic heterocycles. The number of alkyl halides is 6. The number of hydrogen-bond donors (Lipinski definition) is 3. The number of para-hydroxylation sites is 2. The zero-order valence-electron chi connectivity index (χ0n) is 18.9. The van der Waals surface area contributed by atoms with E-state index in [-0.39, 0.29) is 25.9 Å². The minimum atomic E-state index is -4.99. The minimum Gasteiger partial charge on any atom is -0.480 e. The highest BCUT2D eigenvalue weighted by molar-refractivity contribution is 5.88. The van der Waals surface area contributed by atoms with Crippen molar-refractivity contribution in [2.75, 3.05) is 13.1 Å². The highest BCUT2D eigenvalue weighted by Crippen LogP contribution is 2.26. The number of nitrogens with one attached hydrogen (secondary N) is 1. The Bertz CT molecular complexity index is 1030. The first-order valence-corrected chi connectivity index (χ1v) is 10.7. The smallest absolute Gasteiger partial charge is 0.471 e. The molecule has 1 aromatic carbocycles. The average Bonchev–Trinajstić information content (AvgIpc) is 3.57. The number of aromatic nitrogens is 2. The summed E-state index contributed by atoms with van der Waals surface area (Å²) in [5.74, 6) is -6.91. The Morgan fingerprint density at radius 3 is 1.62 bits per heavy atom. The number of aromatic amines is 1. The van der Waals surface area contributed by atoms with Gasteiger partial charge in [0.05, 0.1) is 17.4 Å². The Labute approximate surface area is 204 Å². The molecule has 0 saturated carbocycles. The summed E-state index contributed by atoms with van der Waals surface area (Å²) in [5.41, 5.74) is 2.12. The Balaban J connectivity index is 0.000000199. The predicted octanol–water partition coefficient (Wildman–Crippen LogP) is 2.81. The van der Waals surface area contributed by atoms with Crippen molar-refractivity contribution in [3.05, 3.63) is 30.6 Å². The number of fused-ring (bicyclic) bond motifs is 1. The van der Waals surface area contributed by atoms with Gasteiger partial charge in [-0.1, -0.05) is 12.1 Å². The largest absolute Gasteiger partial charge is 0.480 e. The van der Waals surface area contributed by atoms with Crippen molar-refractivity contribution in [3.8, 4) is 0 Å². The van der Waals surface area contributed by atoms with Gasteiger partial charge in [0, 0.05) is 13.1 Å². The first-order chi connectivity index (χ1) is 17.1. The Morgan fingerprint density at radius 2 is 1.24 bits per heavy atom. The molecule has 10 nitrogen and oxygen atoms in total. The van der Waals surface area contributed by atoms with Crippen molar-refractivity contribution in [1.29, 1.82) is 0 Å². The van der Waals surface area contributed by atoms with Crippen LogP contribution >= 0.6 is 0 Å². The second kappa shape index (κ2) is 11.9. The number of carboxylic acids is 2. The third-order valence-corrected chi connectivity index (χ3v) is 5.41. The Morgan fingerprint density at radius 1 is 0.811 bits per heavy atom. The number of aliphatic carboxylic acids is 2. The van der Waals surface area contributed by atoms with Crippen LogP contribution in [0.5, 0.6) is 0 Å². The maximum Gasteiger partial charge on any atom is 0.471 e. The van der Waals surface area contributed by atoms with Crippen LogP contribution in [0.25, 0.3) is 11.0 Å². The van der Waals surface area contributed by atoms with Crippen molar-refractivity contribution in [2.45, 2.75) is 50.1 Å². The van der Waals surface area contributed by atoms with E-state index in [0.29, 0.717) is 22.6 Å². The van der Waals surface area contributed by atoms with Crippen molar-refractivity contribution >= 4 is 34.8 Å². The molecule has 1 aromatic heterocycles. The average molecular weight is 540 g/mol. The van der Waals surface area contributed by atoms with Crippen LogP contribution < -0.4 is 0 Å². The summed E-state index contributed by atoms with van der Waals surface area (Å²) in [7, 11) is 0. The number of amides is 2. The van der Waals surface area contributed by atoms with Gasteiger partial charge in [-0.05, 0) is 37.8 Å². The topological polar surface area (TPSA) is 144 Å². The number of imidazole rings is 1. The van der Waals surface area contributed by atoms with Gasteiger partial charge in [-0.25, -0.2) is 14.6 Å². The number of carboxylic acid groups (broad SMARTS) is 2. The molecule has 2 atom stereocenters. The molecule has 4 rings (SSSR count). The fourth-order valence-electron chi connectivity index (χ4n) is 3.74. The molecule has 3 N–H and O–H groups in total. The quantitative estimate of drug-likeness (QED) is 0.497. The molecule has 2 fully saturated rings. The molecule has 2 amide bonds. The third-order valence-electron chi connectivity index (χ3n) is 5.41. The van der Waals surface area contributed by atoms with E-state index in [1.54, 1.807) is 6.33 Å². The maximum atomic E-state index is 12.0. The maximum absolute atomic E-state index is 12.0. The monoisotopic (exact) mass is 540 g/mol. The van der Waals surface area contributed by atoms with E-state index in [9.17, 15) is 45.5 Å². The summed E-state index contributed by atoms with van der Waals surface area (Å²) in [5, 5.41) is 17.1. The minimum absolute atomic E-state index is 0.0805. The van der Waals surface area contributed by atoms with Gasteiger partial charge in [0.25, 0.3) is 0 Å². The van der Waals surface area contributed by atoms with Crippen molar-refractivity contribution in [3.63, 3.8) is 0 Å². The first kappa shape index (κ1) is 29.4. The van der Waals surface area contributed by atoms with E-state index < -0.39 is 48.2 Å². The number of carbonyl (C=O) groups excluding carboxylic acids is 2. The lowest BCUT2D eigenvalue weighted by atomic mass is 10.2. The number of benzene rings is 1. The van der Waals surface area contributed by atoms with Crippen LogP contribution in [-0.4, -0.2) is 91.3 Å². The summed E-state index contributed by atoms with van der Waals surface area (Å²) >= 11 is 0. The van der Waals surface area contributed by atoms with E-state index in [1.165, 1.54) is 0 Å². The first-order valence-electron chi connectivity index (χ1n) is 10.7. The second-order valence-corrected chi connectivity index (χ2v) is 7.90. The molecule has 37 heavy (non-hydrogen) atoms. The van der Waals surface area contributed by atoms with E-state index in [4.69, 9.17) is 10.2 Å². The summed E-state index contributed by atoms with van der Waals surface area (Å²) in [6.07, 6.45) is -7.54. The summed E-state index contributed by atoms with van der Waals surface area (Å²) in [6, 6.07) is 5.28. The normalized spacial score (nSPS) is 19.5. The van der Waals surface area contributed by atoms with Crippen LogP contribution in [0, 0.1) is 0 Å². The van der Waals surface area contributed by atoms with Gasteiger partial charge < -0.3 is 25.0 Å². The highest BCUT2D eigenvalue weighted by Gasteiger charge is 2.48. The molecule has 2 saturated heterocycles. The van der Waals surface area contributed by atoms with Crippen molar-refractivity contribution < 1.29 is 55.7 Å². The molecule has 0 radical (unpaired) electrons. The molecule has 16 heteroatoms. The molecule has 0 spiro atoms. The molecular weight excluding hydrogens is 518 g/mol. The number of halogens is 6. The fourth-order valence-corrected chi connectivity index (χ4v) is 3.74. The number of carbonyl (C=O) groups is 4. The van der Waals surface area contributed by atoms with Gasteiger partial charge in [-0.2, -0.15) is 26.3 Å². The summed E-state index contributed by atoms with van der Waals surface area (Å²) in [4.78, 5) is 50.2. The second-order valence-electron chi connectivity index (χ2n) is 7.90. The van der Waals surface area contributed by atoms with E-state index in [1.807, 2.05) is 24.3 Å². The van der Waals surface area contributed by atoms with Crippen molar-refractivity contribution in [1.82, 2.24) is 19.8 Å². The molecule has 2 aromatic rings. The number of rotatable bonds is 2. The molecular formula is C21H22F6N4O6. The molecule has 2 aliphatic rings. The number of likely N-dealkylation sites (tertiary alicyclic amines) is 2. The molecule has 3 heterocycles. The van der Waals surface area contributed by atoms with E-state index in [2.05, 4.69) is 9.97 Å². The fraction of sp³-hybridized carbons (Fsp3) is 0.476. The summed E-state index contributed by atoms with van der Waals surface area (Å²) < 4.78 is 71.7. The van der Waals surface area contributed by atoms with Gasteiger partial charge in [-0.15, -0.1) is 0 Å². The lowest BCUT2D eigenvalue weighted by Crippen LogP contribution is -2.46. The Hall–Kier alpha value is -3.85. The SMILES string of the molecule is O=C(O)[C@@H]1CCCN1C(=O)C(F)(F)F.O=C(O)[C@@H]1CCCN1C(=O)C(F)(F)F.c1ccc2[nH]cnc2c1. The van der Waals surface area contributed by atoms with Gasteiger partial charge in [0.2, 0.25) is 0 Å². The van der Waals surface area contributed by atoms with E-state index in [0.717, 1.165) is 11.0 Å². The van der Waals surface area contributed by atoms with Crippen LogP contribution in [0.2, 0.25) is 0 Å². The predicted molar refractivity (Wildman–Crippen MR) is 113 cm³/mol. The van der Waals surface area contributed by atoms with Gasteiger partial charge in [-0.3, -0.25) is 9.59 Å². The van der Waals surface area contributed by atoms with Crippen LogP contribution in [-0.2, 0) is 19.2 Å². The van der Waals surface area contributed by atoms with Crippen LogP contribution in [0.15, 0.2) is 30.6 Å². The summed E-state index contributed by atoms with van der Waals surface area (Å²) in [6.45, 7) is -0.287. The van der Waals surface area contributed by atoms with E-state index >= 15 is 0 Å². The molecule has 0 bridgehead atoms. The number of nitrogens with zero attached hydrogens (tertiary/aromatic N) is 3.